The summed E-state index contributed by atoms with van der Waals surface area (Å²) < 4.78 is 0. The van der Waals surface area contributed by atoms with Crippen molar-refractivity contribution in [3.63, 3.8) is 0 Å². The maximum atomic E-state index is 10.0. The molecule has 2 heteroatoms. The second kappa shape index (κ2) is 5.86. The maximum absolute atomic E-state index is 10.0. The van der Waals surface area contributed by atoms with Crippen LogP contribution in [-0.4, -0.2) is 23.3 Å². The van der Waals surface area contributed by atoms with Gasteiger partial charge in [0.2, 0.25) is 0 Å². The van der Waals surface area contributed by atoms with Crippen molar-refractivity contribution in [2.75, 3.05) is 6.54 Å². The van der Waals surface area contributed by atoms with Crippen molar-refractivity contribution in [1.29, 1.82) is 0 Å². The van der Waals surface area contributed by atoms with E-state index in [2.05, 4.69) is 26.1 Å². The molecule has 0 amide bonds. The Hall–Kier alpha value is -0.0800. The Balaban J connectivity index is 2.14. The highest BCUT2D eigenvalue weighted by molar-refractivity contribution is 4.76. The minimum atomic E-state index is -0.0832. The number of hydrogen-bond acceptors (Lipinski definition) is 2. The van der Waals surface area contributed by atoms with E-state index in [1.54, 1.807) is 0 Å². The zero-order valence-corrected chi connectivity index (χ0v) is 10.6. The first-order valence-electron chi connectivity index (χ1n) is 6.42. The third kappa shape index (κ3) is 5.53. The van der Waals surface area contributed by atoms with E-state index in [0.717, 1.165) is 13.0 Å². The van der Waals surface area contributed by atoms with E-state index in [1.807, 2.05) is 0 Å². The van der Waals surface area contributed by atoms with Gasteiger partial charge in [-0.15, -0.1) is 0 Å². The highest BCUT2D eigenvalue weighted by atomic mass is 16.3. The average Bonchev–Trinajstić information content (AvgIpc) is 2.17. The second-order valence-corrected chi connectivity index (χ2v) is 5.93. The van der Waals surface area contributed by atoms with Gasteiger partial charge in [-0.25, -0.2) is 0 Å². The smallest absolute Gasteiger partial charge is 0.0580 e. The molecule has 90 valence electrons. The fourth-order valence-electron chi connectivity index (χ4n) is 2.35. The predicted molar refractivity (Wildman–Crippen MR) is 65.0 cm³/mol. The molecule has 15 heavy (non-hydrogen) atoms. The molecule has 0 aromatic carbocycles. The third-order valence-electron chi connectivity index (χ3n) is 3.29. The summed E-state index contributed by atoms with van der Waals surface area (Å²) in [7, 11) is 0. The number of aliphatic hydroxyl groups is 1. The number of hydrogen-bond donors (Lipinski definition) is 2. The van der Waals surface area contributed by atoms with Crippen LogP contribution in [0.25, 0.3) is 0 Å². The quantitative estimate of drug-likeness (QED) is 0.752. The molecule has 2 nitrogen and oxygen atoms in total. The molecule has 0 aliphatic heterocycles. The Kier molecular flexibility index (Phi) is 5.07. The second-order valence-electron chi connectivity index (χ2n) is 5.93. The van der Waals surface area contributed by atoms with Crippen LogP contribution in [0.15, 0.2) is 0 Å². The molecule has 0 aromatic rings. The number of aliphatic hydroxyl groups excluding tert-OH is 1. The first-order valence-corrected chi connectivity index (χ1v) is 6.42. The molecule has 1 aliphatic rings. The van der Waals surface area contributed by atoms with Gasteiger partial charge in [-0.2, -0.15) is 0 Å². The summed E-state index contributed by atoms with van der Waals surface area (Å²) in [6, 6.07) is 0. The lowest BCUT2D eigenvalue weighted by molar-refractivity contribution is 0.0758. The van der Waals surface area contributed by atoms with Gasteiger partial charge < -0.3 is 10.4 Å². The minimum absolute atomic E-state index is 0.0832. The van der Waals surface area contributed by atoms with E-state index in [4.69, 9.17) is 0 Å². The van der Waals surface area contributed by atoms with Crippen LogP contribution in [0, 0.1) is 5.92 Å². The molecular weight excluding hydrogens is 186 g/mol. The number of rotatable bonds is 4. The SMILES string of the molecule is CC(C)(C)NCCC(O)C1CCCCC1. The summed E-state index contributed by atoms with van der Waals surface area (Å²) in [5.74, 6) is 0.570. The molecule has 0 bridgehead atoms. The Labute approximate surface area is 94.5 Å². The summed E-state index contributed by atoms with van der Waals surface area (Å²) in [6.45, 7) is 7.43. The molecule has 0 radical (unpaired) electrons. The standard InChI is InChI=1S/C13H27NO/c1-13(2,3)14-10-9-12(15)11-7-5-4-6-8-11/h11-12,14-15H,4-10H2,1-3H3. The molecule has 1 unspecified atom stereocenters. The van der Waals surface area contributed by atoms with Crippen LogP contribution in [-0.2, 0) is 0 Å². The number of nitrogens with one attached hydrogen (secondary N) is 1. The van der Waals surface area contributed by atoms with Crippen molar-refractivity contribution in [1.82, 2.24) is 5.32 Å². The Morgan fingerprint density at radius 1 is 1.20 bits per heavy atom. The van der Waals surface area contributed by atoms with Gasteiger partial charge in [0, 0.05) is 5.54 Å². The van der Waals surface area contributed by atoms with E-state index in [1.165, 1.54) is 32.1 Å². The van der Waals surface area contributed by atoms with Crippen LogP contribution in [0.4, 0.5) is 0 Å². The molecule has 1 fully saturated rings. The van der Waals surface area contributed by atoms with Gasteiger partial charge in [0.05, 0.1) is 6.10 Å². The third-order valence-corrected chi connectivity index (χ3v) is 3.29. The highest BCUT2D eigenvalue weighted by Crippen LogP contribution is 2.27. The first kappa shape index (κ1) is 13.0. The lowest BCUT2D eigenvalue weighted by Crippen LogP contribution is -2.38. The first-order chi connectivity index (χ1) is 6.99. The van der Waals surface area contributed by atoms with Crippen LogP contribution in [0.3, 0.4) is 0 Å². The van der Waals surface area contributed by atoms with Crippen molar-refractivity contribution in [3.8, 4) is 0 Å². The fourth-order valence-corrected chi connectivity index (χ4v) is 2.35. The predicted octanol–water partition coefficient (Wildman–Crippen LogP) is 2.71. The van der Waals surface area contributed by atoms with Crippen molar-refractivity contribution in [2.45, 2.75) is 70.9 Å². The van der Waals surface area contributed by atoms with Crippen LogP contribution < -0.4 is 5.32 Å². The maximum Gasteiger partial charge on any atom is 0.0580 e. The van der Waals surface area contributed by atoms with E-state index in [-0.39, 0.29) is 11.6 Å². The molecule has 1 atom stereocenters. The fraction of sp³-hybridized carbons (Fsp3) is 1.00. The minimum Gasteiger partial charge on any atom is -0.393 e. The molecule has 1 saturated carbocycles. The summed E-state index contributed by atoms with van der Waals surface area (Å²) in [5, 5.41) is 13.5. The highest BCUT2D eigenvalue weighted by Gasteiger charge is 2.21. The monoisotopic (exact) mass is 213 g/mol. The molecule has 0 spiro atoms. The summed E-state index contributed by atoms with van der Waals surface area (Å²) >= 11 is 0. The van der Waals surface area contributed by atoms with Crippen LogP contribution in [0.2, 0.25) is 0 Å². The molecule has 0 aromatic heterocycles. The molecule has 2 N–H and O–H groups in total. The van der Waals surface area contributed by atoms with Crippen molar-refractivity contribution in [3.05, 3.63) is 0 Å². The Morgan fingerprint density at radius 3 is 2.33 bits per heavy atom. The Morgan fingerprint density at radius 2 is 1.80 bits per heavy atom. The van der Waals surface area contributed by atoms with E-state index in [0.29, 0.717) is 5.92 Å². The topological polar surface area (TPSA) is 32.3 Å². The van der Waals surface area contributed by atoms with Crippen LogP contribution in [0.1, 0.15) is 59.3 Å². The zero-order chi connectivity index (χ0) is 11.3. The molecule has 0 saturated heterocycles. The Bertz CT molecular complexity index is 168. The molecule has 0 heterocycles. The van der Waals surface area contributed by atoms with Crippen molar-refractivity contribution >= 4 is 0 Å². The average molecular weight is 213 g/mol. The molecule has 1 rings (SSSR count). The summed E-state index contributed by atoms with van der Waals surface area (Å²) in [6.07, 6.45) is 7.28. The van der Waals surface area contributed by atoms with Crippen molar-refractivity contribution < 1.29 is 5.11 Å². The van der Waals surface area contributed by atoms with E-state index < -0.39 is 0 Å². The summed E-state index contributed by atoms with van der Waals surface area (Å²) in [5.41, 5.74) is 0.173. The normalized spacial score (nSPS) is 21.6. The lowest BCUT2D eigenvalue weighted by atomic mass is 9.84. The zero-order valence-electron chi connectivity index (χ0n) is 10.6. The largest absolute Gasteiger partial charge is 0.393 e. The summed E-state index contributed by atoms with van der Waals surface area (Å²) in [4.78, 5) is 0. The lowest BCUT2D eigenvalue weighted by Gasteiger charge is -2.28. The molecule has 1 aliphatic carbocycles. The van der Waals surface area contributed by atoms with Gasteiger partial charge in [0.15, 0.2) is 0 Å². The van der Waals surface area contributed by atoms with E-state index >= 15 is 0 Å². The van der Waals surface area contributed by atoms with Gasteiger partial charge >= 0.3 is 0 Å². The van der Waals surface area contributed by atoms with Gasteiger partial charge in [-0.1, -0.05) is 19.3 Å². The van der Waals surface area contributed by atoms with Crippen molar-refractivity contribution in [2.24, 2.45) is 5.92 Å². The van der Waals surface area contributed by atoms with E-state index in [9.17, 15) is 5.11 Å². The van der Waals surface area contributed by atoms with Gasteiger partial charge in [0.25, 0.3) is 0 Å². The molecular formula is C13H27NO. The van der Waals surface area contributed by atoms with Gasteiger partial charge in [-0.3, -0.25) is 0 Å². The van der Waals surface area contributed by atoms with Crippen LogP contribution >= 0.6 is 0 Å². The van der Waals surface area contributed by atoms with Gasteiger partial charge in [-0.05, 0) is 52.5 Å². The van der Waals surface area contributed by atoms with Crippen LogP contribution in [0.5, 0.6) is 0 Å². The van der Waals surface area contributed by atoms with Gasteiger partial charge in [0.1, 0.15) is 0 Å².